The first-order valence-corrected chi connectivity index (χ1v) is 5.06. The number of nitrogen functional groups attached to an aromatic ring is 1. The average molecular weight is 204 g/mol. The molecule has 0 atom stereocenters. The lowest BCUT2D eigenvalue weighted by molar-refractivity contribution is 0.953. The second kappa shape index (κ2) is 4.64. The second-order valence-corrected chi connectivity index (χ2v) is 3.06. The number of fused-ring (bicyclic) bond motifs is 1. The van der Waals surface area contributed by atoms with Crippen LogP contribution in [0.3, 0.4) is 0 Å². The molecule has 3 nitrogen and oxygen atoms in total. The van der Waals surface area contributed by atoms with Crippen molar-refractivity contribution in [3.63, 3.8) is 0 Å². The van der Waals surface area contributed by atoms with Crippen LogP contribution >= 0.6 is 0 Å². The van der Waals surface area contributed by atoms with Gasteiger partial charge in [0.1, 0.15) is 0 Å². The molecular weight excluding hydrogens is 188 g/mol. The fraction of sp³-hybridized carbons (Fsp3) is 0.250. The molecule has 0 bridgehead atoms. The number of aromatic nitrogens is 1. The zero-order valence-electron chi connectivity index (χ0n) is 9.32. The molecule has 0 unspecified atom stereocenters. The van der Waals surface area contributed by atoms with Crippen LogP contribution in [0.4, 0.5) is 0 Å². The van der Waals surface area contributed by atoms with Gasteiger partial charge in [-0.1, -0.05) is 26.0 Å². The van der Waals surface area contributed by atoms with Gasteiger partial charge in [0.05, 0.1) is 0 Å². The Labute approximate surface area is 89.1 Å². The predicted octanol–water partition coefficient (Wildman–Crippen LogP) is 2.05. The van der Waals surface area contributed by atoms with Gasteiger partial charge in [0.15, 0.2) is 0 Å². The van der Waals surface area contributed by atoms with Gasteiger partial charge >= 0.3 is 0 Å². The number of pyridine rings is 1. The van der Waals surface area contributed by atoms with Gasteiger partial charge in [-0.15, -0.1) is 0 Å². The SMILES string of the molecule is CC.Cc1cccc2c(=O)n(N)ccc12. The summed E-state index contributed by atoms with van der Waals surface area (Å²) in [5.41, 5.74) is 0.941. The maximum atomic E-state index is 11.5. The summed E-state index contributed by atoms with van der Waals surface area (Å²) in [5.74, 6) is 5.44. The molecule has 0 aliphatic carbocycles. The summed E-state index contributed by atoms with van der Waals surface area (Å²) in [5, 5.41) is 1.64. The van der Waals surface area contributed by atoms with E-state index in [9.17, 15) is 4.79 Å². The molecule has 3 heteroatoms. The first kappa shape index (κ1) is 11.3. The zero-order chi connectivity index (χ0) is 11.4. The number of hydrogen-bond donors (Lipinski definition) is 1. The van der Waals surface area contributed by atoms with Crippen LogP contribution in [0.25, 0.3) is 10.8 Å². The average Bonchev–Trinajstić information content (AvgIpc) is 2.27. The molecule has 0 radical (unpaired) electrons. The van der Waals surface area contributed by atoms with E-state index in [2.05, 4.69) is 0 Å². The van der Waals surface area contributed by atoms with E-state index in [4.69, 9.17) is 5.84 Å². The Bertz CT molecular complexity index is 515. The standard InChI is InChI=1S/C10H10N2O.C2H6/c1-7-3-2-4-9-8(7)5-6-12(11)10(9)13;1-2/h2-6H,11H2,1H3;1-2H3. The van der Waals surface area contributed by atoms with E-state index in [1.165, 1.54) is 0 Å². The van der Waals surface area contributed by atoms with Crippen LogP contribution in [0.5, 0.6) is 0 Å². The van der Waals surface area contributed by atoms with Crippen LogP contribution in [0, 0.1) is 6.92 Å². The molecule has 1 aromatic carbocycles. The van der Waals surface area contributed by atoms with Crippen LogP contribution in [-0.2, 0) is 0 Å². The summed E-state index contributed by atoms with van der Waals surface area (Å²) in [4.78, 5) is 11.5. The summed E-state index contributed by atoms with van der Waals surface area (Å²) in [7, 11) is 0. The summed E-state index contributed by atoms with van der Waals surface area (Å²) in [6, 6.07) is 7.47. The highest BCUT2D eigenvalue weighted by atomic mass is 16.1. The first-order valence-electron chi connectivity index (χ1n) is 5.06. The highest BCUT2D eigenvalue weighted by Gasteiger charge is 2.01. The maximum absolute atomic E-state index is 11.5. The highest BCUT2D eigenvalue weighted by molar-refractivity contribution is 5.84. The summed E-state index contributed by atoms with van der Waals surface area (Å²) in [6.07, 6.45) is 1.58. The number of hydrogen-bond acceptors (Lipinski definition) is 2. The molecule has 0 saturated heterocycles. The van der Waals surface area contributed by atoms with E-state index >= 15 is 0 Å². The van der Waals surface area contributed by atoms with Gasteiger partial charge in [0, 0.05) is 11.6 Å². The molecule has 0 aliphatic heterocycles. The Morgan fingerprint density at radius 1 is 1.13 bits per heavy atom. The highest BCUT2D eigenvalue weighted by Crippen LogP contribution is 2.13. The molecule has 0 fully saturated rings. The lowest BCUT2D eigenvalue weighted by Gasteiger charge is -2.02. The fourth-order valence-corrected chi connectivity index (χ4v) is 1.45. The Kier molecular flexibility index (Phi) is 3.50. The summed E-state index contributed by atoms with van der Waals surface area (Å²) >= 11 is 0. The van der Waals surface area contributed by atoms with Gasteiger partial charge in [-0.3, -0.25) is 4.79 Å². The molecule has 2 N–H and O–H groups in total. The predicted molar refractivity (Wildman–Crippen MR) is 64.4 cm³/mol. The van der Waals surface area contributed by atoms with Gasteiger partial charge in [0.25, 0.3) is 5.56 Å². The van der Waals surface area contributed by atoms with Crippen LogP contribution < -0.4 is 11.4 Å². The lowest BCUT2D eigenvalue weighted by Crippen LogP contribution is -2.26. The minimum atomic E-state index is -0.152. The van der Waals surface area contributed by atoms with Crippen molar-refractivity contribution in [2.24, 2.45) is 0 Å². The van der Waals surface area contributed by atoms with Crippen molar-refractivity contribution in [2.75, 3.05) is 5.84 Å². The Hall–Kier alpha value is -1.77. The van der Waals surface area contributed by atoms with Crippen molar-refractivity contribution in [3.8, 4) is 0 Å². The van der Waals surface area contributed by atoms with Crippen molar-refractivity contribution in [1.82, 2.24) is 4.68 Å². The van der Waals surface area contributed by atoms with Crippen molar-refractivity contribution in [3.05, 3.63) is 46.4 Å². The van der Waals surface area contributed by atoms with Crippen LogP contribution in [-0.4, -0.2) is 4.68 Å². The van der Waals surface area contributed by atoms with Crippen LogP contribution in [0.15, 0.2) is 35.3 Å². The van der Waals surface area contributed by atoms with Gasteiger partial charge in [0.2, 0.25) is 0 Å². The smallest absolute Gasteiger partial charge is 0.276 e. The second-order valence-electron chi connectivity index (χ2n) is 3.06. The van der Waals surface area contributed by atoms with Gasteiger partial charge in [-0.05, 0) is 30.0 Å². The number of nitrogens with zero attached hydrogens (tertiary/aromatic N) is 1. The molecule has 15 heavy (non-hydrogen) atoms. The van der Waals surface area contributed by atoms with Gasteiger partial charge in [-0.25, -0.2) is 4.68 Å². The molecule has 0 spiro atoms. The largest absolute Gasteiger partial charge is 0.336 e. The molecule has 1 heterocycles. The molecule has 2 rings (SSSR count). The van der Waals surface area contributed by atoms with Crippen molar-refractivity contribution in [1.29, 1.82) is 0 Å². The number of aryl methyl sites for hydroxylation is 1. The van der Waals surface area contributed by atoms with Crippen molar-refractivity contribution >= 4 is 10.8 Å². The minimum absolute atomic E-state index is 0.152. The summed E-state index contributed by atoms with van der Waals surface area (Å²) in [6.45, 7) is 5.97. The Morgan fingerprint density at radius 2 is 1.80 bits per heavy atom. The lowest BCUT2D eigenvalue weighted by atomic mass is 10.1. The van der Waals surface area contributed by atoms with Crippen molar-refractivity contribution < 1.29 is 0 Å². The molecule has 0 saturated carbocycles. The van der Waals surface area contributed by atoms with E-state index in [-0.39, 0.29) is 5.56 Å². The van der Waals surface area contributed by atoms with Gasteiger partial charge < -0.3 is 5.84 Å². The number of nitrogens with two attached hydrogens (primary N) is 1. The molecule has 80 valence electrons. The third-order valence-electron chi connectivity index (χ3n) is 2.19. The number of rotatable bonds is 0. The van der Waals surface area contributed by atoms with E-state index in [1.807, 2.05) is 39.0 Å². The third-order valence-corrected chi connectivity index (χ3v) is 2.19. The fourth-order valence-electron chi connectivity index (χ4n) is 1.45. The van der Waals surface area contributed by atoms with E-state index in [0.717, 1.165) is 15.6 Å². The normalized spacial score (nSPS) is 9.53. The Balaban J connectivity index is 0.000000531. The van der Waals surface area contributed by atoms with Gasteiger partial charge in [-0.2, -0.15) is 0 Å². The first-order chi connectivity index (χ1) is 7.20. The third kappa shape index (κ3) is 2.01. The van der Waals surface area contributed by atoms with E-state index < -0.39 is 0 Å². The molecular formula is C12H16N2O. The number of benzene rings is 1. The maximum Gasteiger partial charge on any atom is 0.276 e. The minimum Gasteiger partial charge on any atom is -0.336 e. The van der Waals surface area contributed by atoms with Crippen LogP contribution in [0.1, 0.15) is 19.4 Å². The molecule has 1 aromatic heterocycles. The zero-order valence-corrected chi connectivity index (χ0v) is 9.32. The van der Waals surface area contributed by atoms with E-state index in [0.29, 0.717) is 5.39 Å². The van der Waals surface area contributed by atoms with E-state index in [1.54, 1.807) is 12.3 Å². The Morgan fingerprint density at radius 3 is 2.47 bits per heavy atom. The molecule has 0 aliphatic rings. The molecule has 0 amide bonds. The van der Waals surface area contributed by atoms with Crippen LogP contribution in [0.2, 0.25) is 0 Å². The topological polar surface area (TPSA) is 48.0 Å². The quantitative estimate of drug-likeness (QED) is 0.668. The monoisotopic (exact) mass is 204 g/mol. The molecule has 2 aromatic rings. The van der Waals surface area contributed by atoms with Crippen molar-refractivity contribution in [2.45, 2.75) is 20.8 Å². The summed E-state index contributed by atoms with van der Waals surface area (Å²) < 4.78 is 1.10.